The predicted molar refractivity (Wildman–Crippen MR) is 92.7 cm³/mol. The number of carbonyl (C=O) groups is 1. The van der Waals surface area contributed by atoms with Crippen LogP contribution in [0.4, 0.5) is 0 Å². The average molecular weight is 351 g/mol. The van der Waals surface area contributed by atoms with Gasteiger partial charge in [-0.1, -0.05) is 23.7 Å². The molecule has 3 rings (SSSR count). The smallest absolute Gasteiger partial charge is 0.249 e. The van der Waals surface area contributed by atoms with Crippen LogP contribution in [0.25, 0.3) is 0 Å². The van der Waals surface area contributed by atoms with Gasteiger partial charge in [0.2, 0.25) is 5.91 Å². The molecule has 1 fully saturated rings. The summed E-state index contributed by atoms with van der Waals surface area (Å²) in [6.07, 6.45) is 1.11. The van der Waals surface area contributed by atoms with Crippen LogP contribution in [0.1, 0.15) is 30.0 Å². The van der Waals surface area contributed by atoms with Crippen molar-refractivity contribution in [3.05, 3.63) is 57.2 Å². The Hall–Kier alpha value is -1.40. The van der Waals surface area contributed by atoms with Crippen molar-refractivity contribution in [3.63, 3.8) is 0 Å². The molecule has 2 aromatic rings. The van der Waals surface area contributed by atoms with E-state index >= 15 is 0 Å². The van der Waals surface area contributed by atoms with Crippen molar-refractivity contribution < 1.29 is 9.53 Å². The number of rotatable bonds is 5. The molecular weight excluding hydrogens is 332 g/mol. The number of hydrogen-bond acceptors (Lipinski definition) is 4. The van der Waals surface area contributed by atoms with Crippen molar-refractivity contribution >= 4 is 28.8 Å². The molecule has 1 aromatic carbocycles. The maximum atomic E-state index is 12.6. The summed E-state index contributed by atoms with van der Waals surface area (Å²) in [4.78, 5) is 12.6. The fraction of sp³-hybridized carbons (Fsp3) is 0.353. The highest BCUT2D eigenvalue weighted by Crippen LogP contribution is 2.27. The minimum absolute atomic E-state index is 0.0131. The lowest BCUT2D eigenvalue weighted by Gasteiger charge is -2.21. The molecule has 1 aliphatic heterocycles. The number of nitrogens with two attached hydrogens (primary N) is 1. The van der Waals surface area contributed by atoms with Crippen LogP contribution in [0.2, 0.25) is 5.02 Å². The Morgan fingerprint density at radius 2 is 2.09 bits per heavy atom. The molecule has 3 atom stereocenters. The van der Waals surface area contributed by atoms with Gasteiger partial charge >= 0.3 is 0 Å². The molecule has 0 radical (unpaired) electrons. The van der Waals surface area contributed by atoms with Crippen LogP contribution >= 0.6 is 22.9 Å². The fourth-order valence-electron chi connectivity index (χ4n) is 2.76. The van der Waals surface area contributed by atoms with E-state index in [-0.39, 0.29) is 18.1 Å². The van der Waals surface area contributed by atoms with Crippen LogP contribution in [0, 0.1) is 0 Å². The molecule has 1 amide bonds. The van der Waals surface area contributed by atoms with Crippen molar-refractivity contribution in [1.29, 1.82) is 0 Å². The Balaban J connectivity index is 1.77. The molecule has 23 heavy (non-hydrogen) atoms. The molecule has 0 spiro atoms. The third kappa shape index (κ3) is 3.93. The summed E-state index contributed by atoms with van der Waals surface area (Å²) in [7, 11) is 0. The quantitative estimate of drug-likeness (QED) is 0.870. The average Bonchev–Trinajstić information content (AvgIpc) is 3.25. The van der Waals surface area contributed by atoms with Gasteiger partial charge in [-0.2, -0.15) is 11.3 Å². The molecule has 1 aliphatic rings. The van der Waals surface area contributed by atoms with E-state index in [4.69, 9.17) is 22.1 Å². The highest BCUT2D eigenvalue weighted by atomic mass is 35.5. The topological polar surface area (TPSA) is 64.4 Å². The summed E-state index contributed by atoms with van der Waals surface area (Å²) in [5, 5.41) is 7.82. The number of carbonyl (C=O) groups excluding carboxylic acids is 1. The van der Waals surface area contributed by atoms with Crippen molar-refractivity contribution in [2.75, 3.05) is 6.54 Å². The highest BCUT2D eigenvalue weighted by Gasteiger charge is 2.31. The first kappa shape index (κ1) is 16.5. The van der Waals surface area contributed by atoms with Crippen LogP contribution in [0.15, 0.2) is 41.1 Å². The van der Waals surface area contributed by atoms with E-state index in [2.05, 4.69) is 5.32 Å². The summed E-state index contributed by atoms with van der Waals surface area (Å²) in [6.45, 7) is 0.453. The Labute approximate surface area is 144 Å². The molecule has 0 saturated carbocycles. The maximum Gasteiger partial charge on any atom is 0.249 e. The number of thiophene rings is 1. The zero-order valence-corrected chi connectivity index (χ0v) is 14.1. The molecule has 2 heterocycles. The number of ether oxygens (including phenoxy) is 1. The fourth-order valence-corrected chi connectivity index (χ4v) is 3.57. The van der Waals surface area contributed by atoms with Crippen molar-refractivity contribution in [3.8, 4) is 0 Å². The van der Waals surface area contributed by atoms with Gasteiger partial charge in [0, 0.05) is 11.6 Å². The van der Waals surface area contributed by atoms with Gasteiger partial charge in [0.15, 0.2) is 0 Å². The molecule has 122 valence electrons. The number of nitrogens with one attached hydrogen (secondary N) is 1. The molecule has 0 aliphatic carbocycles. The van der Waals surface area contributed by atoms with E-state index in [1.165, 1.54) is 0 Å². The Morgan fingerprint density at radius 1 is 1.30 bits per heavy atom. The number of halogens is 1. The molecule has 0 bridgehead atoms. The first-order valence-electron chi connectivity index (χ1n) is 7.61. The standard InChI is InChI=1S/C17H19ClN2O2S/c18-13-3-1-11(2-4-13)16(12-7-8-23-10-12)20-17(21)15-6-5-14(9-19)22-15/h1-4,7-8,10,14-16H,5-6,9,19H2,(H,20,21)/t14-,15+,16?/m1/s1. The van der Waals surface area contributed by atoms with Gasteiger partial charge in [-0.05, 0) is 52.9 Å². The summed E-state index contributed by atoms with van der Waals surface area (Å²) in [5.74, 6) is -0.0906. The number of amides is 1. The van der Waals surface area contributed by atoms with Crippen LogP contribution in [-0.4, -0.2) is 24.7 Å². The predicted octanol–water partition coefficient (Wildman–Crippen LogP) is 3.11. The van der Waals surface area contributed by atoms with Gasteiger partial charge in [0.1, 0.15) is 6.10 Å². The molecular formula is C17H19ClN2O2S. The van der Waals surface area contributed by atoms with Gasteiger partial charge < -0.3 is 15.8 Å². The van der Waals surface area contributed by atoms with Crippen LogP contribution in [-0.2, 0) is 9.53 Å². The lowest BCUT2D eigenvalue weighted by Crippen LogP contribution is -2.38. The van der Waals surface area contributed by atoms with Crippen LogP contribution in [0.5, 0.6) is 0 Å². The summed E-state index contributed by atoms with van der Waals surface area (Å²) in [5.41, 5.74) is 7.66. The normalized spacial score (nSPS) is 22.0. The van der Waals surface area contributed by atoms with E-state index in [0.29, 0.717) is 18.0 Å². The van der Waals surface area contributed by atoms with E-state index < -0.39 is 6.10 Å². The second-order valence-corrected chi connectivity index (χ2v) is 6.83. The largest absolute Gasteiger partial charge is 0.364 e. The third-order valence-corrected chi connectivity index (χ3v) is 4.98. The first-order chi connectivity index (χ1) is 11.2. The Kier molecular flexibility index (Phi) is 5.33. The molecule has 4 nitrogen and oxygen atoms in total. The van der Waals surface area contributed by atoms with Crippen molar-refractivity contribution in [2.24, 2.45) is 5.73 Å². The molecule has 6 heteroatoms. The third-order valence-electron chi connectivity index (χ3n) is 4.03. The lowest BCUT2D eigenvalue weighted by atomic mass is 10.0. The maximum absolute atomic E-state index is 12.6. The minimum Gasteiger partial charge on any atom is -0.364 e. The monoisotopic (exact) mass is 350 g/mol. The minimum atomic E-state index is -0.419. The zero-order valence-electron chi connectivity index (χ0n) is 12.6. The van der Waals surface area contributed by atoms with Crippen molar-refractivity contribution in [1.82, 2.24) is 5.32 Å². The summed E-state index contributed by atoms with van der Waals surface area (Å²) in [6, 6.07) is 9.35. The van der Waals surface area contributed by atoms with Crippen LogP contribution < -0.4 is 11.1 Å². The van der Waals surface area contributed by atoms with Gasteiger partial charge in [-0.25, -0.2) is 0 Å². The second kappa shape index (κ2) is 7.45. The van der Waals surface area contributed by atoms with Gasteiger partial charge in [0.05, 0.1) is 12.1 Å². The SMILES string of the molecule is NC[C@H]1CC[C@@H](C(=O)NC(c2ccc(Cl)cc2)c2ccsc2)O1. The molecule has 1 unspecified atom stereocenters. The molecule has 1 aromatic heterocycles. The van der Waals surface area contributed by atoms with Crippen LogP contribution in [0.3, 0.4) is 0 Å². The van der Waals surface area contributed by atoms with E-state index in [1.54, 1.807) is 11.3 Å². The lowest BCUT2D eigenvalue weighted by molar-refractivity contribution is -0.132. The van der Waals surface area contributed by atoms with Gasteiger partial charge in [-0.3, -0.25) is 4.79 Å². The molecule has 3 N–H and O–H groups in total. The summed E-state index contributed by atoms with van der Waals surface area (Å²) >= 11 is 7.57. The van der Waals surface area contributed by atoms with Gasteiger partial charge in [-0.15, -0.1) is 0 Å². The Morgan fingerprint density at radius 3 is 2.70 bits per heavy atom. The number of benzene rings is 1. The van der Waals surface area contributed by atoms with E-state index in [1.807, 2.05) is 41.1 Å². The summed E-state index contributed by atoms with van der Waals surface area (Å²) < 4.78 is 5.69. The second-order valence-electron chi connectivity index (χ2n) is 5.61. The molecule has 1 saturated heterocycles. The van der Waals surface area contributed by atoms with Crippen molar-refractivity contribution in [2.45, 2.75) is 31.1 Å². The Bertz CT molecular complexity index is 645. The van der Waals surface area contributed by atoms with E-state index in [0.717, 1.165) is 17.5 Å². The highest BCUT2D eigenvalue weighted by molar-refractivity contribution is 7.08. The van der Waals surface area contributed by atoms with E-state index in [9.17, 15) is 4.79 Å². The zero-order chi connectivity index (χ0) is 16.2. The number of hydrogen-bond donors (Lipinski definition) is 2. The van der Waals surface area contributed by atoms with Gasteiger partial charge in [0.25, 0.3) is 0 Å². The first-order valence-corrected chi connectivity index (χ1v) is 8.93.